The van der Waals surface area contributed by atoms with Crippen LogP contribution in [0.2, 0.25) is 0 Å². The summed E-state index contributed by atoms with van der Waals surface area (Å²) >= 11 is 0. The number of hydrogen-bond acceptors (Lipinski definition) is 5. The van der Waals surface area contributed by atoms with E-state index < -0.39 is 0 Å². The quantitative estimate of drug-likeness (QED) is 0.469. The predicted molar refractivity (Wildman–Crippen MR) is 136 cm³/mol. The first-order valence-corrected chi connectivity index (χ1v) is 12.1. The molecule has 0 N–H and O–H groups in total. The maximum Gasteiger partial charge on any atom is 0.222 e. The molecule has 2 heterocycles. The summed E-state index contributed by atoms with van der Waals surface area (Å²) in [6, 6.07) is 22.3. The molecule has 1 aliphatic heterocycles. The Hall–Kier alpha value is -3.41. The molecule has 34 heavy (non-hydrogen) atoms. The average Bonchev–Trinajstić information content (AvgIpc) is 2.87. The van der Waals surface area contributed by atoms with E-state index in [-0.39, 0.29) is 11.3 Å². The van der Waals surface area contributed by atoms with E-state index in [0.29, 0.717) is 32.5 Å². The number of anilines is 1. The van der Waals surface area contributed by atoms with Crippen molar-refractivity contribution in [2.45, 2.75) is 39.0 Å². The molecule has 6 heteroatoms. The van der Waals surface area contributed by atoms with Crippen LogP contribution in [0.15, 0.2) is 66.7 Å². The number of amides is 1. The van der Waals surface area contributed by atoms with Gasteiger partial charge in [0, 0.05) is 38.2 Å². The van der Waals surface area contributed by atoms with Crippen molar-refractivity contribution in [1.29, 1.82) is 0 Å². The molecule has 3 aromatic rings. The van der Waals surface area contributed by atoms with Crippen LogP contribution in [0.4, 0.5) is 5.82 Å². The summed E-state index contributed by atoms with van der Waals surface area (Å²) in [6.07, 6.45) is 1.22. The molecule has 0 unspecified atom stereocenters. The summed E-state index contributed by atoms with van der Waals surface area (Å²) in [5.74, 6) is 1.91. The third-order valence-corrected chi connectivity index (χ3v) is 6.20. The van der Waals surface area contributed by atoms with Crippen LogP contribution in [0.25, 0.3) is 11.3 Å². The van der Waals surface area contributed by atoms with Gasteiger partial charge in [0.15, 0.2) is 5.82 Å². The van der Waals surface area contributed by atoms with E-state index in [0.717, 1.165) is 35.9 Å². The molecule has 0 spiro atoms. The molecule has 6 nitrogen and oxygen atoms in total. The summed E-state index contributed by atoms with van der Waals surface area (Å²) in [4.78, 5) is 16.8. The molecule has 2 aromatic carbocycles. The molecule has 4 rings (SSSR count). The topological polar surface area (TPSA) is 58.6 Å². The van der Waals surface area contributed by atoms with E-state index in [4.69, 9.17) is 4.74 Å². The van der Waals surface area contributed by atoms with Gasteiger partial charge in [-0.3, -0.25) is 4.79 Å². The van der Waals surface area contributed by atoms with Crippen LogP contribution in [0.5, 0.6) is 5.75 Å². The van der Waals surface area contributed by atoms with Gasteiger partial charge in [-0.2, -0.15) is 0 Å². The Kier molecular flexibility index (Phi) is 7.46. The van der Waals surface area contributed by atoms with Crippen LogP contribution in [-0.2, 0) is 10.2 Å². The first kappa shape index (κ1) is 23.7. The number of benzene rings is 2. The maximum absolute atomic E-state index is 12.6. The first-order valence-electron chi connectivity index (χ1n) is 12.1. The Morgan fingerprint density at radius 3 is 2.21 bits per heavy atom. The molecule has 0 aliphatic carbocycles. The number of carbonyl (C=O) groups excluding carboxylic acids is 1. The molecule has 1 amide bonds. The van der Waals surface area contributed by atoms with E-state index >= 15 is 0 Å². The Labute approximate surface area is 202 Å². The highest BCUT2D eigenvalue weighted by Gasteiger charge is 2.22. The second-order valence-corrected chi connectivity index (χ2v) is 9.74. The molecule has 0 bridgehead atoms. The minimum Gasteiger partial charge on any atom is -0.494 e. The molecule has 178 valence electrons. The van der Waals surface area contributed by atoms with Crippen LogP contribution in [0.3, 0.4) is 0 Å². The van der Waals surface area contributed by atoms with Crippen molar-refractivity contribution < 1.29 is 9.53 Å². The number of piperazine rings is 1. The summed E-state index contributed by atoms with van der Waals surface area (Å²) in [6.45, 7) is 10.1. The lowest BCUT2D eigenvalue weighted by atomic mass is 9.87. The van der Waals surface area contributed by atoms with Gasteiger partial charge in [-0.25, -0.2) is 0 Å². The van der Waals surface area contributed by atoms with E-state index in [1.807, 2.05) is 59.5 Å². The molecule has 1 aromatic heterocycles. The Morgan fingerprint density at radius 1 is 0.882 bits per heavy atom. The second kappa shape index (κ2) is 10.7. The smallest absolute Gasteiger partial charge is 0.222 e. The minimum atomic E-state index is 0.132. The monoisotopic (exact) mass is 458 g/mol. The highest BCUT2D eigenvalue weighted by Crippen LogP contribution is 2.24. The van der Waals surface area contributed by atoms with E-state index in [9.17, 15) is 4.79 Å². The van der Waals surface area contributed by atoms with Crippen molar-refractivity contribution in [3.05, 3.63) is 72.3 Å². The van der Waals surface area contributed by atoms with Gasteiger partial charge in [0.25, 0.3) is 0 Å². The molecule has 0 radical (unpaired) electrons. The Balaban J connectivity index is 1.18. The summed E-state index contributed by atoms with van der Waals surface area (Å²) in [5.41, 5.74) is 3.34. The van der Waals surface area contributed by atoms with Gasteiger partial charge in [-0.15, -0.1) is 10.2 Å². The number of nitrogens with zero attached hydrogens (tertiary/aromatic N) is 4. The summed E-state index contributed by atoms with van der Waals surface area (Å²) in [7, 11) is 0. The van der Waals surface area contributed by atoms with Crippen molar-refractivity contribution in [3.8, 4) is 17.0 Å². The zero-order valence-corrected chi connectivity index (χ0v) is 20.4. The zero-order chi connectivity index (χ0) is 24.0. The largest absolute Gasteiger partial charge is 0.494 e. The van der Waals surface area contributed by atoms with Crippen LogP contribution in [-0.4, -0.2) is 53.8 Å². The van der Waals surface area contributed by atoms with E-state index in [1.165, 1.54) is 5.56 Å². The molecule has 1 saturated heterocycles. The molecular formula is C28H34N4O2. The fourth-order valence-corrected chi connectivity index (χ4v) is 4.06. The molecule has 1 aliphatic rings. The fraction of sp³-hybridized carbons (Fsp3) is 0.393. The van der Waals surface area contributed by atoms with Gasteiger partial charge in [0.2, 0.25) is 5.91 Å². The van der Waals surface area contributed by atoms with Crippen LogP contribution in [0, 0.1) is 0 Å². The van der Waals surface area contributed by atoms with Crippen LogP contribution in [0.1, 0.15) is 39.2 Å². The molecule has 1 fully saturated rings. The van der Waals surface area contributed by atoms with Crippen molar-refractivity contribution in [2.75, 3.05) is 37.7 Å². The van der Waals surface area contributed by atoms with E-state index in [1.54, 1.807) is 0 Å². The minimum absolute atomic E-state index is 0.132. The number of ether oxygens (including phenoxy) is 1. The highest BCUT2D eigenvalue weighted by molar-refractivity contribution is 5.76. The lowest BCUT2D eigenvalue weighted by Crippen LogP contribution is -2.49. The number of hydrogen-bond donors (Lipinski definition) is 0. The lowest BCUT2D eigenvalue weighted by molar-refractivity contribution is -0.131. The predicted octanol–water partition coefficient (Wildman–Crippen LogP) is 4.95. The lowest BCUT2D eigenvalue weighted by Gasteiger charge is -2.35. The second-order valence-electron chi connectivity index (χ2n) is 9.74. The normalized spacial score (nSPS) is 14.2. The van der Waals surface area contributed by atoms with Crippen molar-refractivity contribution in [2.24, 2.45) is 0 Å². The van der Waals surface area contributed by atoms with Crippen molar-refractivity contribution in [1.82, 2.24) is 15.1 Å². The van der Waals surface area contributed by atoms with Crippen molar-refractivity contribution in [3.63, 3.8) is 0 Å². The zero-order valence-electron chi connectivity index (χ0n) is 20.4. The van der Waals surface area contributed by atoms with Crippen LogP contribution < -0.4 is 9.64 Å². The van der Waals surface area contributed by atoms with Gasteiger partial charge < -0.3 is 14.5 Å². The standard InChI is InChI=1S/C28H34N4O2/c1-28(2,3)23-11-13-24(14-12-23)34-21-7-10-27(33)32-19-17-31(18-20-32)26-16-15-25(29-30-26)22-8-5-4-6-9-22/h4-6,8-9,11-16H,7,10,17-21H2,1-3H3. The van der Waals surface area contributed by atoms with Gasteiger partial charge in [0.05, 0.1) is 12.3 Å². The third-order valence-electron chi connectivity index (χ3n) is 6.20. The summed E-state index contributed by atoms with van der Waals surface area (Å²) < 4.78 is 5.83. The first-order chi connectivity index (χ1) is 16.4. The third kappa shape index (κ3) is 6.13. The molecular weight excluding hydrogens is 424 g/mol. The van der Waals surface area contributed by atoms with Crippen molar-refractivity contribution >= 4 is 11.7 Å². The van der Waals surface area contributed by atoms with Gasteiger partial charge in [-0.05, 0) is 41.7 Å². The SMILES string of the molecule is CC(C)(C)c1ccc(OCCCC(=O)N2CCN(c3ccc(-c4ccccc4)nn3)CC2)cc1. The number of aromatic nitrogens is 2. The maximum atomic E-state index is 12.6. The van der Waals surface area contributed by atoms with Gasteiger partial charge in [0.1, 0.15) is 5.75 Å². The van der Waals surface area contributed by atoms with Gasteiger partial charge in [-0.1, -0.05) is 63.2 Å². The van der Waals surface area contributed by atoms with Gasteiger partial charge >= 0.3 is 0 Å². The number of rotatable bonds is 7. The number of carbonyl (C=O) groups is 1. The Morgan fingerprint density at radius 2 is 1.59 bits per heavy atom. The van der Waals surface area contributed by atoms with E-state index in [2.05, 4.69) is 48.0 Å². The fourth-order valence-electron chi connectivity index (χ4n) is 4.06. The summed E-state index contributed by atoms with van der Waals surface area (Å²) in [5, 5.41) is 8.80. The molecule has 0 saturated carbocycles. The van der Waals surface area contributed by atoms with Crippen LogP contribution >= 0.6 is 0 Å². The highest BCUT2D eigenvalue weighted by atomic mass is 16.5. The average molecular weight is 459 g/mol. The molecule has 0 atom stereocenters. The Bertz CT molecular complexity index is 1050.